The molecule has 0 aliphatic rings. The van der Waals surface area contributed by atoms with Crippen LogP contribution in [0.15, 0.2) is 29.4 Å². The number of esters is 1. The van der Waals surface area contributed by atoms with Gasteiger partial charge in [0.25, 0.3) is 0 Å². The van der Waals surface area contributed by atoms with E-state index in [0.29, 0.717) is 10.7 Å². The molecule has 0 saturated carbocycles. The molecule has 0 radical (unpaired) electrons. The van der Waals surface area contributed by atoms with Crippen LogP contribution in [-0.2, 0) is 4.74 Å². The van der Waals surface area contributed by atoms with Gasteiger partial charge in [-0.15, -0.1) is 0 Å². The number of hydrogen-bond acceptors (Lipinski definition) is 4. The minimum atomic E-state index is -0.338. The number of aromatic nitrogens is 1. The highest BCUT2D eigenvalue weighted by Gasteiger charge is 2.16. The Labute approximate surface area is 159 Å². The van der Waals surface area contributed by atoms with Crippen molar-refractivity contribution in [3.63, 3.8) is 0 Å². The topological polar surface area (TPSA) is 67.7 Å². The fraction of sp³-hybridized carbons (Fsp3) is 0.316. The third kappa shape index (κ3) is 4.11. The number of rotatable bonds is 5. The molecule has 1 aromatic carbocycles. The number of aryl methyl sites for hydroxylation is 1. The Hall–Kier alpha value is -2.67. The van der Waals surface area contributed by atoms with Crippen molar-refractivity contribution in [2.24, 2.45) is 5.10 Å². The molecule has 0 atom stereocenters. The number of carbonyl (C=O) groups excluding carboxylic acids is 1. The van der Waals surface area contributed by atoms with Crippen LogP contribution in [-0.4, -0.2) is 35.5 Å². The standard InChI is InChI=1S/C19H24N4O2S/c1-6-20-19(26)22-21-11-15-10-12(2)23(14(15)4)17-9-7-8-16(13(17)3)18(24)25-5/h7-11H,6H2,1-5H3,(H2,20,22,26). The monoisotopic (exact) mass is 372 g/mol. The van der Waals surface area contributed by atoms with Crippen LogP contribution >= 0.6 is 12.2 Å². The Balaban J connectivity index is 2.38. The van der Waals surface area contributed by atoms with Crippen LogP contribution < -0.4 is 10.7 Å². The van der Waals surface area contributed by atoms with Gasteiger partial charge in [-0.05, 0) is 63.7 Å². The summed E-state index contributed by atoms with van der Waals surface area (Å²) in [7, 11) is 1.39. The predicted octanol–water partition coefficient (Wildman–Crippen LogP) is 3.01. The predicted molar refractivity (Wildman–Crippen MR) is 108 cm³/mol. The summed E-state index contributed by atoms with van der Waals surface area (Å²) in [5, 5.41) is 7.65. The van der Waals surface area contributed by atoms with Crippen molar-refractivity contribution >= 4 is 29.5 Å². The molecular weight excluding hydrogens is 348 g/mol. The summed E-state index contributed by atoms with van der Waals surface area (Å²) in [6, 6.07) is 7.66. The average molecular weight is 372 g/mol. The van der Waals surface area contributed by atoms with Crippen LogP contribution in [0.2, 0.25) is 0 Å². The van der Waals surface area contributed by atoms with Crippen molar-refractivity contribution in [2.45, 2.75) is 27.7 Å². The van der Waals surface area contributed by atoms with Gasteiger partial charge in [-0.3, -0.25) is 5.43 Å². The number of hydrazone groups is 1. The van der Waals surface area contributed by atoms with Gasteiger partial charge < -0.3 is 14.6 Å². The van der Waals surface area contributed by atoms with Crippen LogP contribution in [0, 0.1) is 20.8 Å². The SMILES string of the molecule is CCNC(=S)NN=Cc1cc(C)n(-c2cccc(C(=O)OC)c2C)c1C. The summed E-state index contributed by atoms with van der Waals surface area (Å²) in [6.45, 7) is 8.67. The minimum Gasteiger partial charge on any atom is -0.465 e. The van der Waals surface area contributed by atoms with E-state index < -0.39 is 0 Å². The maximum absolute atomic E-state index is 12.0. The van der Waals surface area contributed by atoms with Crippen molar-refractivity contribution in [1.82, 2.24) is 15.3 Å². The molecule has 0 bridgehead atoms. The number of benzene rings is 1. The van der Waals surface area contributed by atoms with E-state index in [0.717, 1.165) is 34.7 Å². The van der Waals surface area contributed by atoms with Crippen LogP contribution in [0.1, 0.15) is 39.8 Å². The van der Waals surface area contributed by atoms with Crippen LogP contribution in [0.5, 0.6) is 0 Å². The Morgan fingerprint density at radius 1 is 1.35 bits per heavy atom. The fourth-order valence-electron chi connectivity index (χ4n) is 2.85. The summed E-state index contributed by atoms with van der Waals surface area (Å²) in [5.41, 5.74) is 8.20. The molecule has 0 aliphatic carbocycles. The minimum absolute atomic E-state index is 0.338. The second-order valence-corrected chi connectivity index (χ2v) is 6.24. The first-order valence-electron chi connectivity index (χ1n) is 8.34. The van der Waals surface area contributed by atoms with Crippen molar-refractivity contribution in [2.75, 3.05) is 13.7 Å². The van der Waals surface area contributed by atoms with Gasteiger partial charge in [0.2, 0.25) is 0 Å². The van der Waals surface area contributed by atoms with Crippen molar-refractivity contribution in [3.8, 4) is 5.69 Å². The first-order valence-corrected chi connectivity index (χ1v) is 8.75. The molecule has 2 N–H and O–H groups in total. The summed E-state index contributed by atoms with van der Waals surface area (Å²) >= 11 is 5.09. The van der Waals surface area contributed by atoms with Gasteiger partial charge in [-0.1, -0.05) is 6.07 Å². The smallest absolute Gasteiger partial charge is 0.338 e. The molecule has 2 rings (SSSR count). The molecule has 26 heavy (non-hydrogen) atoms. The van der Waals surface area contributed by atoms with E-state index in [4.69, 9.17) is 17.0 Å². The Morgan fingerprint density at radius 3 is 2.73 bits per heavy atom. The maximum Gasteiger partial charge on any atom is 0.338 e. The van der Waals surface area contributed by atoms with Gasteiger partial charge in [-0.2, -0.15) is 5.10 Å². The van der Waals surface area contributed by atoms with Crippen molar-refractivity contribution in [1.29, 1.82) is 0 Å². The molecule has 0 spiro atoms. The molecule has 0 amide bonds. The molecule has 2 aromatic rings. The fourth-order valence-corrected chi connectivity index (χ4v) is 3.04. The Morgan fingerprint density at radius 2 is 2.08 bits per heavy atom. The molecule has 0 aliphatic heterocycles. The van der Waals surface area contributed by atoms with Gasteiger partial charge >= 0.3 is 5.97 Å². The lowest BCUT2D eigenvalue weighted by Crippen LogP contribution is -2.31. The van der Waals surface area contributed by atoms with E-state index in [1.807, 2.05) is 45.9 Å². The normalized spacial score (nSPS) is 10.8. The molecule has 0 fully saturated rings. The first-order chi connectivity index (χ1) is 12.4. The van der Waals surface area contributed by atoms with E-state index in [1.165, 1.54) is 7.11 Å². The number of ether oxygens (including phenoxy) is 1. The molecule has 1 aromatic heterocycles. The number of nitrogens with one attached hydrogen (secondary N) is 2. The highest BCUT2D eigenvalue weighted by atomic mass is 32.1. The molecule has 0 unspecified atom stereocenters. The number of hydrogen-bond donors (Lipinski definition) is 2. The molecule has 0 saturated heterocycles. The average Bonchev–Trinajstić information content (AvgIpc) is 2.89. The molecule has 138 valence electrons. The summed E-state index contributed by atoms with van der Waals surface area (Å²) in [4.78, 5) is 12.0. The third-order valence-corrected chi connectivity index (χ3v) is 4.36. The lowest BCUT2D eigenvalue weighted by molar-refractivity contribution is 0.0600. The van der Waals surface area contributed by atoms with E-state index in [9.17, 15) is 4.79 Å². The van der Waals surface area contributed by atoms with Gasteiger partial charge in [0, 0.05) is 29.2 Å². The zero-order chi connectivity index (χ0) is 19.3. The summed E-state index contributed by atoms with van der Waals surface area (Å²) in [5.74, 6) is -0.338. The lowest BCUT2D eigenvalue weighted by atomic mass is 10.1. The number of thiocarbonyl (C=S) groups is 1. The molecule has 1 heterocycles. The van der Waals surface area contributed by atoms with E-state index in [2.05, 4.69) is 20.4 Å². The zero-order valence-corrected chi connectivity index (χ0v) is 16.5. The Kier molecular flexibility index (Phi) is 6.52. The lowest BCUT2D eigenvalue weighted by Gasteiger charge is -2.15. The van der Waals surface area contributed by atoms with Crippen molar-refractivity contribution in [3.05, 3.63) is 52.3 Å². The number of nitrogens with zero attached hydrogens (tertiary/aromatic N) is 2. The van der Waals surface area contributed by atoms with Crippen LogP contribution in [0.4, 0.5) is 0 Å². The second kappa shape index (κ2) is 8.62. The highest BCUT2D eigenvalue weighted by molar-refractivity contribution is 7.80. The number of methoxy groups -OCH3 is 1. The highest BCUT2D eigenvalue weighted by Crippen LogP contribution is 2.25. The van der Waals surface area contributed by atoms with Gasteiger partial charge in [0.1, 0.15) is 0 Å². The number of carbonyl (C=O) groups is 1. The van der Waals surface area contributed by atoms with Gasteiger partial charge in [0.15, 0.2) is 5.11 Å². The van der Waals surface area contributed by atoms with Gasteiger partial charge in [0.05, 0.1) is 18.9 Å². The van der Waals surface area contributed by atoms with Crippen LogP contribution in [0.3, 0.4) is 0 Å². The quantitative estimate of drug-likeness (QED) is 0.365. The summed E-state index contributed by atoms with van der Waals surface area (Å²) < 4.78 is 6.98. The van der Waals surface area contributed by atoms with E-state index >= 15 is 0 Å². The van der Waals surface area contributed by atoms with E-state index in [1.54, 1.807) is 12.3 Å². The molecule has 6 nitrogen and oxygen atoms in total. The largest absolute Gasteiger partial charge is 0.465 e. The zero-order valence-electron chi connectivity index (χ0n) is 15.7. The molecule has 7 heteroatoms. The molecular formula is C19H24N4O2S. The van der Waals surface area contributed by atoms with E-state index in [-0.39, 0.29) is 5.97 Å². The first kappa shape index (κ1) is 19.7. The maximum atomic E-state index is 12.0. The second-order valence-electron chi connectivity index (χ2n) is 5.83. The van der Waals surface area contributed by atoms with Crippen molar-refractivity contribution < 1.29 is 9.53 Å². The summed E-state index contributed by atoms with van der Waals surface area (Å²) in [6.07, 6.45) is 1.74. The Bertz CT molecular complexity index is 855. The third-order valence-electron chi connectivity index (χ3n) is 4.13. The van der Waals surface area contributed by atoms with Gasteiger partial charge in [-0.25, -0.2) is 4.79 Å². The van der Waals surface area contributed by atoms with Crippen LogP contribution in [0.25, 0.3) is 5.69 Å².